The van der Waals surface area contributed by atoms with Crippen molar-refractivity contribution in [2.45, 2.75) is 6.42 Å². The summed E-state index contributed by atoms with van der Waals surface area (Å²) in [4.78, 5) is 11.6. The summed E-state index contributed by atoms with van der Waals surface area (Å²) in [6.45, 7) is 0. The van der Waals surface area contributed by atoms with Crippen LogP contribution in [0.15, 0.2) is 53.6 Å². The van der Waals surface area contributed by atoms with Crippen LogP contribution in [0.4, 0.5) is 4.39 Å². The van der Waals surface area contributed by atoms with Crippen molar-refractivity contribution in [2.75, 3.05) is 0 Å². The van der Waals surface area contributed by atoms with Crippen LogP contribution < -0.4 is 5.43 Å². The fraction of sp³-hybridized carbons (Fsp3) is 0.0667. The van der Waals surface area contributed by atoms with Crippen molar-refractivity contribution in [2.24, 2.45) is 5.10 Å². The van der Waals surface area contributed by atoms with Gasteiger partial charge in [-0.15, -0.1) is 0 Å². The van der Waals surface area contributed by atoms with Crippen molar-refractivity contribution >= 4 is 12.1 Å². The lowest BCUT2D eigenvalue weighted by Crippen LogP contribution is -2.19. The van der Waals surface area contributed by atoms with Crippen LogP contribution in [-0.4, -0.2) is 17.2 Å². The largest absolute Gasteiger partial charge is 0.507 e. The van der Waals surface area contributed by atoms with E-state index in [4.69, 9.17) is 0 Å². The van der Waals surface area contributed by atoms with Crippen LogP contribution in [0, 0.1) is 5.82 Å². The standard InChI is InChI=1S/C15H13FN2O2/c16-13-7-5-11(6-8-13)9-15(20)18-17-10-12-3-1-2-4-14(12)19/h1-8,10,19H,9H2,(H,18,20)/b17-10+. The first-order valence-electron chi connectivity index (χ1n) is 5.99. The maximum atomic E-state index is 12.7. The molecule has 0 spiro atoms. The van der Waals surface area contributed by atoms with Gasteiger partial charge < -0.3 is 5.11 Å². The minimum Gasteiger partial charge on any atom is -0.507 e. The van der Waals surface area contributed by atoms with Crippen LogP contribution in [0.25, 0.3) is 0 Å². The summed E-state index contributed by atoms with van der Waals surface area (Å²) in [5.74, 6) is -0.570. The van der Waals surface area contributed by atoms with Gasteiger partial charge in [0.05, 0.1) is 12.6 Å². The molecule has 0 saturated carbocycles. The molecule has 20 heavy (non-hydrogen) atoms. The van der Waals surface area contributed by atoms with E-state index < -0.39 is 0 Å². The van der Waals surface area contributed by atoms with Crippen LogP contribution in [-0.2, 0) is 11.2 Å². The molecule has 0 fully saturated rings. The summed E-state index contributed by atoms with van der Waals surface area (Å²) in [5, 5.41) is 13.3. The van der Waals surface area contributed by atoms with Crippen LogP contribution in [0.2, 0.25) is 0 Å². The van der Waals surface area contributed by atoms with Crippen molar-refractivity contribution in [3.05, 3.63) is 65.5 Å². The number of phenolic OH excluding ortho intramolecular Hbond substituents is 1. The molecule has 2 N–H and O–H groups in total. The summed E-state index contributed by atoms with van der Waals surface area (Å²) in [7, 11) is 0. The third kappa shape index (κ3) is 3.91. The fourth-order valence-electron chi connectivity index (χ4n) is 1.60. The van der Waals surface area contributed by atoms with E-state index in [-0.39, 0.29) is 23.9 Å². The average Bonchev–Trinajstić information content (AvgIpc) is 2.43. The fourth-order valence-corrected chi connectivity index (χ4v) is 1.60. The highest BCUT2D eigenvalue weighted by molar-refractivity contribution is 5.85. The number of halogens is 1. The number of phenols is 1. The molecular formula is C15H13FN2O2. The van der Waals surface area contributed by atoms with E-state index in [0.29, 0.717) is 11.1 Å². The summed E-state index contributed by atoms with van der Waals surface area (Å²) in [5.41, 5.74) is 3.55. The normalized spacial score (nSPS) is 10.7. The maximum Gasteiger partial charge on any atom is 0.244 e. The molecule has 0 aliphatic carbocycles. The first-order chi connectivity index (χ1) is 9.65. The zero-order valence-corrected chi connectivity index (χ0v) is 10.6. The molecule has 0 radical (unpaired) electrons. The number of aromatic hydroxyl groups is 1. The SMILES string of the molecule is O=C(Cc1ccc(F)cc1)N/N=C/c1ccccc1O. The highest BCUT2D eigenvalue weighted by Crippen LogP contribution is 2.12. The van der Waals surface area contributed by atoms with Gasteiger partial charge in [-0.25, -0.2) is 9.82 Å². The third-order valence-electron chi connectivity index (χ3n) is 2.61. The predicted octanol–water partition coefficient (Wildman–Crippen LogP) is 2.22. The number of hydrogen-bond acceptors (Lipinski definition) is 3. The number of nitrogens with one attached hydrogen (secondary N) is 1. The number of amides is 1. The number of nitrogens with zero attached hydrogens (tertiary/aromatic N) is 1. The van der Waals surface area contributed by atoms with E-state index in [1.165, 1.54) is 24.4 Å². The molecule has 0 bridgehead atoms. The number of hydrazone groups is 1. The lowest BCUT2D eigenvalue weighted by atomic mass is 10.1. The summed E-state index contributed by atoms with van der Waals surface area (Å²) in [6, 6.07) is 12.3. The van der Waals surface area contributed by atoms with Crippen LogP contribution in [0.5, 0.6) is 5.75 Å². The van der Waals surface area contributed by atoms with Crippen LogP contribution >= 0.6 is 0 Å². The molecule has 5 heteroatoms. The van der Waals surface area contributed by atoms with Gasteiger partial charge in [-0.2, -0.15) is 5.10 Å². The molecule has 1 amide bonds. The van der Waals surface area contributed by atoms with Crippen molar-refractivity contribution in [1.29, 1.82) is 0 Å². The van der Waals surface area contributed by atoms with Crippen LogP contribution in [0.1, 0.15) is 11.1 Å². The number of hydrogen-bond donors (Lipinski definition) is 2. The van der Waals surface area contributed by atoms with Gasteiger partial charge in [0, 0.05) is 5.56 Å². The molecule has 0 aliphatic rings. The number of carbonyl (C=O) groups excluding carboxylic acids is 1. The molecule has 0 heterocycles. The second kappa shape index (κ2) is 6.47. The quantitative estimate of drug-likeness (QED) is 0.662. The third-order valence-corrected chi connectivity index (χ3v) is 2.61. The Morgan fingerprint density at radius 2 is 1.90 bits per heavy atom. The monoisotopic (exact) mass is 272 g/mol. The predicted molar refractivity (Wildman–Crippen MR) is 73.9 cm³/mol. The first kappa shape index (κ1) is 13.7. The molecule has 0 aliphatic heterocycles. The minimum atomic E-state index is -0.341. The average molecular weight is 272 g/mol. The topological polar surface area (TPSA) is 61.7 Å². The lowest BCUT2D eigenvalue weighted by molar-refractivity contribution is -0.120. The van der Waals surface area contributed by atoms with E-state index in [9.17, 15) is 14.3 Å². The van der Waals surface area contributed by atoms with Gasteiger partial charge in [-0.1, -0.05) is 24.3 Å². The Hall–Kier alpha value is -2.69. The van der Waals surface area contributed by atoms with Gasteiger partial charge in [0.1, 0.15) is 11.6 Å². The maximum absolute atomic E-state index is 12.7. The second-order valence-electron chi connectivity index (χ2n) is 4.16. The molecule has 0 aromatic heterocycles. The Kier molecular flexibility index (Phi) is 4.44. The summed E-state index contributed by atoms with van der Waals surface area (Å²) in [6.07, 6.45) is 1.47. The Morgan fingerprint density at radius 1 is 1.20 bits per heavy atom. The number of carbonyl (C=O) groups is 1. The first-order valence-corrected chi connectivity index (χ1v) is 5.99. The molecule has 102 valence electrons. The number of para-hydroxylation sites is 1. The summed E-state index contributed by atoms with van der Waals surface area (Å²) >= 11 is 0. The number of rotatable bonds is 4. The summed E-state index contributed by atoms with van der Waals surface area (Å²) < 4.78 is 12.7. The lowest BCUT2D eigenvalue weighted by Gasteiger charge is -2.01. The van der Waals surface area contributed by atoms with Gasteiger partial charge in [0.25, 0.3) is 0 Å². The highest BCUT2D eigenvalue weighted by Gasteiger charge is 2.02. The molecule has 0 unspecified atom stereocenters. The Labute approximate surface area is 115 Å². The van der Waals surface area contributed by atoms with Crippen molar-refractivity contribution < 1.29 is 14.3 Å². The van der Waals surface area contributed by atoms with E-state index >= 15 is 0 Å². The molecule has 4 nitrogen and oxygen atoms in total. The van der Waals surface area contributed by atoms with E-state index in [1.54, 1.807) is 30.3 Å². The highest BCUT2D eigenvalue weighted by atomic mass is 19.1. The van der Waals surface area contributed by atoms with Gasteiger partial charge in [-0.3, -0.25) is 4.79 Å². The molecule has 0 atom stereocenters. The Morgan fingerprint density at radius 3 is 2.60 bits per heavy atom. The zero-order valence-electron chi connectivity index (χ0n) is 10.6. The van der Waals surface area contributed by atoms with Crippen molar-refractivity contribution in [3.8, 4) is 5.75 Å². The van der Waals surface area contributed by atoms with E-state index in [2.05, 4.69) is 10.5 Å². The van der Waals surface area contributed by atoms with Gasteiger partial charge >= 0.3 is 0 Å². The Balaban J connectivity index is 1.89. The molecule has 0 saturated heterocycles. The van der Waals surface area contributed by atoms with Gasteiger partial charge in [0.2, 0.25) is 5.91 Å². The molecular weight excluding hydrogens is 259 g/mol. The van der Waals surface area contributed by atoms with Crippen molar-refractivity contribution in [3.63, 3.8) is 0 Å². The molecule has 2 rings (SSSR count). The molecule has 2 aromatic rings. The van der Waals surface area contributed by atoms with Crippen molar-refractivity contribution in [1.82, 2.24) is 5.43 Å². The van der Waals surface area contributed by atoms with Crippen LogP contribution in [0.3, 0.4) is 0 Å². The van der Waals surface area contributed by atoms with Gasteiger partial charge in [0.15, 0.2) is 0 Å². The second-order valence-corrected chi connectivity index (χ2v) is 4.16. The molecule has 2 aromatic carbocycles. The zero-order chi connectivity index (χ0) is 14.4. The smallest absolute Gasteiger partial charge is 0.244 e. The Bertz CT molecular complexity index is 624. The van der Waals surface area contributed by atoms with Gasteiger partial charge in [-0.05, 0) is 29.8 Å². The minimum absolute atomic E-state index is 0.0871. The number of benzene rings is 2. The van der Waals surface area contributed by atoms with E-state index in [1.807, 2.05) is 0 Å². The van der Waals surface area contributed by atoms with E-state index in [0.717, 1.165) is 0 Å².